The minimum absolute atomic E-state index is 0.550. The van der Waals surface area contributed by atoms with Crippen LogP contribution in [-0.4, -0.2) is 13.2 Å². The first-order chi connectivity index (χ1) is 9.34. The maximum Gasteiger partial charge on any atom is 0.0468 e. The third-order valence-electron chi connectivity index (χ3n) is 4.76. The average molecular weight is 323 g/mol. The standard InChI is InChI=1S/C17H23BrO/c18-17-15(12-13-8-10-19-11-9-13)6-3-5-14-4-1-2-7-16(14)17/h1-2,4,7,13,15,17H,3,5-6,8-12H2. The van der Waals surface area contributed by atoms with E-state index >= 15 is 0 Å². The van der Waals surface area contributed by atoms with Gasteiger partial charge in [0.25, 0.3) is 0 Å². The molecule has 1 nitrogen and oxygen atoms in total. The summed E-state index contributed by atoms with van der Waals surface area (Å²) in [5.74, 6) is 1.68. The Bertz CT molecular complexity index is 411. The smallest absolute Gasteiger partial charge is 0.0468 e. The highest BCUT2D eigenvalue weighted by molar-refractivity contribution is 9.09. The summed E-state index contributed by atoms with van der Waals surface area (Å²) < 4.78 is 5.48. The van der Waals surface area contributed by atoms with Crippen LogP contribution in [-0.2, 0) is 11.2 Å². The van der Waals surface area contributed by atoms with E-state index in [9.17, 15) is 0 Å². The maximum atomic E-state index is 5.48. The Morgan fingerprint density at radius 3 is 2.74 bits per heavy atom. The molecule has 1 aromatic carbocycles. The number of fused-ring (bicyclic) bond motifs is 1. The Morgan fingerprint density at radius 2 is 1.89 bits per heavy atom. The second-order valence-electron chi connectivity index (χ2n) is 6.04. The Labute approximate surface area is 124 Å². The molecular formula is C17H23BrO. The number of hydrogen-bond acceptors (Lipinski definition) is 1. The lowest BCUT2D eigenvalue weighted by atomic mass is 9.84. The van der Waals surface area contributed by atoms with Gasteiger partial charge in [0.2, 0.25) is 0 Å². The molecule has 1 aliphatic carbocycles. The van der Waals surface area contributed by atoms with Crippen molar-refractivity contribution >= 4 is 15.9 Å². The molecule has 1 aromatic rings. The molecule has 2 atom stereocenters. The van der Waals surface area contributed by atoms with Crippen LogP contribution in [0.5, 0.6) is 0 Å². The van der Waals surface area contributed by atoms with Crippen LogP contribution < -0.4 is 0 Å². The van der Waals surface area contributed by atoms with E-state index in [-0.39, 0.29) is 0 Å². The van der Waals surface area contributed by atoms with Crippen LogP contribution in [0.15, 0.2) is 24.3 Å². The van der Waals surface area contributed by atoms with Crippen molar-refractivity contribution in [3.8, 4) is 0 Å². The number of aryl methyl sites for hydroxylation is 1. The van der Waals surface area contributed by atoms with E-state index in [0.29, 0.717) is 4.83 Å². The molecule has 1 fully saturated rings. The quantitative estimate of drug-likeness (QED) is 0.556. The maximum absolute atomic E-state index is 5.48. The van der Waals surface area contributed by atoms with Crippen molar-refractivity contribution in [2.24, 2.45) is 11.8 Å². The van der Waals surface area contributed by atoms with Crippen LogP contribution in [0, 0.1) is 11.8 Å². The van der Waals surface area contributed by atoms with Gasteiger partial charge in [-0.3, -0.25) is 0 Å². The molecule has 1 heterocycles. The predicted molar refractivity (Wildman–Crippen MR) is 82.7 cm³/mol. The molecule has 19 heavy (non-hydrogen) atoms. The van der Waals surface area contributed by atoms with Gasteiger partial charge in [-0.25, -0.2) is 0 Å². The van der Waals surface area contributed by atoms with Gasteiger partial charge in [-0.05, 0) is 61.5 Å². The Hall–Kier alpha value is -0.340. The number of halogens is 1. The van der Waals surface area contributed by atoms with E-state index in [1.807, 2.05) is 0 Å². The zero-order valence-corrected chi connectivity index (χ0v) is 13.1. The van der Waals surface area contributed by atoms with E-state index in [4.69, 9.17) is 4.74 Å². The van der Waals surface area contributed by atoms with E-state index in [0.717, 1.165) is 25.0 Å². The van der Waals surface area contributed by atoms with Gasteiger partial charge in [-0.1, -0.05) is 40.2 Å². The molecule has 2 aliphatic rings. The molecule has 1 saturated heterocycles. The average Bonchev–Trinajstić information content (AvgIpc) is 2.61. The van der Waals surface area contributed by atoms with Crippen LogP contribution >= 0.6 is 15.9 Å². The summed E-state index contributed by atoms with van der Waals surface area (Å²) in [6.45, 7) is 1.95. The molecule has 0 aromatic heterocycles. The largest absolute Gasteiger partial charge is 0.381 e. The fourth-order valence-corrected chi connectivity index (χ4v) is 4.56. The van der Waals surface area contributed by atoms with Crippen molar-refractivity contribution in [3.63, 3.8) is 0 Å². The Kier molecular flexibility index (Phi) is 4.60. The Morgan fingerprint density at radius 1 is 1.11 bits per heavy atom. The first-order valence-electron chi connectivity index (χ1n) is 7.64. The lowest BCUT2D eigenvalue weighted by molar-refractivity contribution is 0.0580. The van der Waals surface area contributed by atoms with Crippen LogP contribution in [0.25, 0.3) is 0 Å². The molecule has 0 radical (unpaired) electrons. The molecule has 2 heteroatoms. The summed E-state index contributed by atoms with van der Waals surface area (Å²) in [7, 11) is 0. The third kappa shape index (κ3) is 3.22. The van der Waals surface area contributed by atoms with Gasteiger partial charge in [0.1, 0.15) is 0 Å². The van der Waals surface area contributed by atoms with Crippen molar-refractivity contribution < 1.29 is 4.74 Å². The van der Waals surface area contributed by atoms with Crippen molar-refractivity contribution in [1.82, 2.24) is 0 Å². The van der Waals surface area contributed by atoms with E-state index < -0.39 is 0 Å². The van der Waals surface area contributed by atoms with Crippen molar-refractivity contribution in [2.75, 3.05) is 13.2 Å². The fraction of sp³-hybridized carbons (Fsp3) is 0.647. The highest BCUT2D eigenvalue weighted by Crippen LogP contribution is 2.43. The topological polar surface area (TPSA) is 9.23 Å². The number of rotatable bonds is 2. The highest BCUT2D eigenvalue weighted by Gasteiger charge is 2.28. The summed E-state index contributed by atoms with van der Waals surface area (Å²) in [4.78, 5) is 0.550. The van der Waals surface area contributed by atoms with Crippen LogP contribution in [0.2, 0.25) is 0 Å². The van der Waals surface area contributed by atoms with Gasteiger partial charge in [0.15, 0.2) is 0 Å². The monoisotopic (exact) mass is 322 g/mol. The van der Waals surface area contributed by atoms with Gasteiger partial charge >= 0.3 is 0 Å². The van der Waals surface area contributed by atoms with Gasteiger partial charge in [0, 0.05) is 18.0 Å². The number of ether oxygens (including phenoxy) is 1. The summed E-state index contributed by atoms with van der Waals surface area (Å²) in [5, 5.41) is 0. The lowest BCUT2D eigenvalue weighted by Crippen LogP contribution is -2.20. The van der Waals surface area contributed by atoms with E-state index in [1.54, 1.807) is 5.56 Å². The normalized spacial score (nSPS) is 28.7. The van der Waals surface area contributed by atoms with Gasteiger partial charge in [-0.2, -0.15) is 0 Å². The second-order valence-corrected chi connectivity index (χ2v) is 7.03. The lowest BCUT2D eigenvalue weighted by Gasteiger charge is -2.29. The van der Waals surface area contributed by atoms with Crippen LogP contribution in [0.1, 0.15) is 48.1 Å². The molecule has 0 spiro atoms. The number of hydrogen-bond donors (Lipinski definition) is 0. The first-order valence-corrected chi connectivity index (χ1v) is 8.56. The van der Waals surface area contributed by atoms with E-state index in [1.165, 1.54) is 44.1 Å². The molecule has 2 unspecified atom stereocenters. The highest BCUT2D eigenvalue weighted by atomic mass is 79.9. The second kappa shape index (κ2) is 6.41. The van der Waals surface area contributed by atoms with Gasteiger partial charge in [-0.15, -0.1) is 0 Å². The van der Waals surface area contributed by atoms with Crippen molar-refractivity contribution in [3.05, 3.63) is 35.4 Å². The zero-order chi connectivity index (χ0) is 13.1. The molecular weight excluding hydrogens is 300 g/mol. The predicted octanol–water partition coefficient (Wildman–Crippen LogP) is 4.89. The molecule has 1 aliphatic heterocycles. The zero-order valence-electron chi connectivity index (χ0n) is 11.5. The number of alkyl halides is 1. The molecule has 0 N–H and O–H groups in total. The van der Waals surface area contributed by atoms with Gasteiger partial charge in [0.05, 0.1) is 0 Å². The Balaban J connectivity index is 1.72. The van der Waals surface area contributed by atoms with Crippen LogP contribution in [0.4, 0.5) is 0 Å². The summed E-state index contributed by atoms with van der Waals surface area (Å²) in [6.07, 6.45) is 7.85. The van der Waals surface area contributed by atoms with Crippen LogP contribution in [0.3, 0.4) is 0 Å². The van der Waals surface area contributed by atoms with Gasteiger partial charge < -0.3 is 4.74 Å². The first kappa shape index (κ1) is 13.6. The number of benzene rings is 1. The van der Waals surface area contributed by atoms with E-state index in [2.05, 4.69) is 40.2 Å². The molecule has 3 rings (SSSR count). The SMILES string of the molecule is BrC1c2ccccc2CCCC1CC1CCOCC1. The molecule has 0 amide bonds. The minimum atomic E-state index is 0.550. The summed E-state index contributed by atoms with van der Waals surface area (Å²) >= 11 is 4.00. The molecule has 0 bridgehead atoms. The molecule has 0 saturated carbocycles. The fourth-order valence-electron chi connectivity index (χ4n) is 3.63. The van der Waals surface area contributed by atoms with Crippen molar-refractivity contribution in [2.45, 2.75) is 43.4 Å². The van der Waals surface area contributed by atoms with Crippen molar-refractivity contribution in [1.29, 1.82) is 0 Å². The summed E-state index contributed by atoms with van der Waals surface area (Å²) in [5.41, 5.74) is 3.09. The molecule has 104 valence electrons. The summed E-state index contributed by atoms with van der Waals surface area (Å²) in [6, 6.07) is 8.98. The minimum Gasteiger partial charge on any atom is -0.381 e. The third-order valence-corrected chi connectivity index (χ3v) is 6.00.